The second-order valence-corrected chi connectivity index (χ2v) is 17.2. The van der Waals surface area contributed by atoms with E-state index in [1.165, 1.54) is 23.3 Å². The molecule has 0 aliphatic heterocycles. The summed E-state index contributed by atoms with van der Waals surface area (Å²) in [5.41, 5.74) is 11.2. The number of hydrogen-bond acceptors (Lipinski definition) is 5. The summed E-state index contributed by atoms with van der Waals surface area (Å²) in [4.78, 5) is 25.1. The van der Waals surface area contributed by atoms with Gasteiger partial charge in [0.1, 0.15) is 11.4 Å². The maximum Gasteiger partial charge on any atom is 0.292 e. The van der Waals surface area contributed by atoms with Crippen molar-refractivity contribution in [2.75, 3.05) is 0 Å². The Labute approximate surface area is 379 Å². The van der Waals surface area contributed by atoms with Crippen LogP contribution in [0.1, 0.15) is 92.9 Å². The molecule has 0 amide bonds. The number of imidazole rings is 1. The second kappa shape index (κ2) is 17.8. The number of carbonyl (C=O) groups is 1. The number of aryl methyl sites for hydroxylation is 1. The van der Waals surface area contributed by atoms with Crippen LogP contribution in [0, 0.1) is 30.7 Å². The van der Waals surface area contributed by atoms with Gasteiger partial charge in [-0.3, -0.25) is 14.2 Å². The number of aromatic carboxylic acids is 1. The van der Waals surface area contributed by atoms with Crippen LogP contribution in [0.15, 0.2) is 120 Å². The largest absolute Gasteiger partial charge is 0.501 e. The third kappa shape index (κ3) is 8.70. The maximum absolute atomic E-state index is 14.6. The number of halogens is 2. The van der Waals surface area contributed by atoms with E-state index < -0.39 is 11.8 Å². The van der Waals surface area contributed by atoms with Gasteiger partial charge in [-0.15, -0.1) is 30.3 Å². The Kier molecular flexibility index (Phi) is 12.6. The quantitative estimate of drug-likeness (QED) is 0.160. The molecule has 0 aliphatic rings. The van der Waals surface area contributed by atoms with E-state index in [-0.39, 0.29) is 54.3 Å². The van der Waals surface area contributed by atoms with Crippen LogP contribution in [0.3, 0.4) is 0 Å². The Morgan fingerprint density at radius 3 is 2.16 bits per heavy atom. The number of para-hydroxylation sites is 1. The van der Waals surface area contributed by atoms with Gasteiger partial charge in [0.25, 0.3) is 5.97 Å². The van der Waals surface area contributed by atoms with E-state index in [4.69, 9.17) is 19.5 Å². The number of pyridine rings is 2. The Hall–Kier alpha value is -6.35. The fraction of sp³-hybridized carbons (Fsp3) is 0.208. The number of carboxylic acids is 1. The van der Waals surface area contributed by atoms with Crippen molar-refractivity contribution in [3.8, 4) is 39.5 Å². The zero-order chi connectivity index (χ0) is 44.0. The Bertz CT molecular complexity index is 3120. The first kappa shape index (κ1) is 44.7. The van der Waals surface area contributed by atoms with Crippen molar-refractivity contribution >= 4 is 39.1 Å². The summed E-state index contributed by atoms with van der Waals surface area (Å²) in [5.74, 6) is -0.765. The molecule has 0 aliphatic carbocycles. The minimum absolute atomic E-state index is 0. The molecule has 9 rings (SSSR count). The van der Waals surface area contributed by atoms with Gasteiger partial charge in [-0.1, -0.05) is 132 Å². The van der Waals surface area contributed by atoms with Crippen molar-refractivity contribution in [1.29, 1.82) is 0 Å². The number of rotatable bonds is 7. The molecule has 1 N–H and O–H groups in total. The summed E-state index contributed by atoms with van der Waals surface area (Å²) in [6, 6.07) is 37.2. The molecule has 4 heterocycles. The number of fused-ring (bicyclic) bond motifs is 4. The van der Waals surface area contributed by atoms with Crippen LogP contribution in [0.5, 0.6) is 0 Å². The minimum atomic E-state index is -1.18. The van der Waals surface area contributed by atoms with E-state index in [0.717, 1.165) is 61.8 Å². The van der Waals surface area contributed by atoms with Gasteiger partial charge in [0, 0.05) is 55.0 Å². The molecule has 321 valence electrons. The summed E-state index contributed by atoms with van der Waals surface area (Å²) in [5, 5.41) is 10.7. The van der Waals surface area contributed by atoms with Crippen LogP contribution in [-0.4, -0.2) is 30.6 Å². The van der Waals surface area contributed by atoms with Gasteiger partial charge < -0.3 is 19.1 Å². The number of benzene rings is 5. The molecule has 0 unspecified atom stereocenters. The third-order valence-electron chi connectivity index (χ3n) is 11.1. The van der Waals surface area contributed by atoms with E-state index in [0.29, 0.717) is 22.4 Å². The molecule has 0 saturated heterocycles. The number of hydrogen-bond donors (Lipinski definition) is 1. The molecule has 0 saturated carbocycles. The predicted octanol–water partition coefficient (Wildman–Crippen LogP) is 13.8. The van der Waals surface area contributed by atoms with Gasteiger partial charge >= 0.3 is 0 Å². The van der Waals surface area contributed by atoms with Crippen molar-refractivity contribution in [3.63, 3.8) is 0 Å². The number of nitrogens with zero attached hydrogens (tertiary/aromatic N) is 4. The Morgan fingerprint density at radius 2 is 1.52 bits per heavy atom. The normalized spacial score (nSPS) is 11.6. The van der Waals surface area contributed by atoms with Crippen LogP contribution in [0.4, 0.5) is 8.78 Å². The molecule has 1 radical (unpaired) electrons. The molecular formula is C53H46F2IrN4O3-2. The monoisotopic (exact) mass is 1020 g/mol. The third-order valence-corrected chi connectivity index (χ3v) is 11.1. The van der Waals surface area contributed by atoms with Crippen LogP contribution >= 0.6 is 0 Å². The number of carboxylic acid groups (broad SMARTS) is 1. The van der Waals surface area contributed by atoms with Crippen LogP contribution in [0.25, 0.3) is 72.6 Å². The standard InChI is InChI=1S/C37H31FN3O.C16H15FNO2.Ir/c1-21(2)25-11-8-12-26(22(3)4)34(25)41-36(40-32-18-23(5)20-39-37(32)41)30-14-9-13-29-28-17-16-24(19-33(28)42-35(29)30)27-10-6-7-15-31(27)38;1-16(2,3)11-5-7-14(18-9-11)12-6-4-10(15(19)20)8-13(12)17;/h6-13,15-22H,1-5H3;4-5,7-9H,1-3H3,(H,19,20);/q2*-1;. The maximum atomic E-state index is 14.6. The number of aromatic nitrogens is 4. The van der Waals surface area contributed by atoms with Gasteiger partial charge in [-0.2, -0.15) is 0 Å². The van der Waals surface area contributed by atoms with Gasteiger partial charge in [-0.25, -0.2) is 9.37 Å². The van der Waals surface area contributed by atoms with Crippen LogP contribution < -0.4 is 0 Å². The van der Waals surface area contributed by atoms with Crippen LogP contribution in [-0.2, 0) is 25.5 Å². The minimum Gasteiger partial charge on any atom is -0.501 e. The van der Waals surface area contributed by atoms with Crippen molar-refractivity contribution in [2.45, 2.75) is 72.6 Å². The fourth-order valence-electron chi connectivity index (χ4n) is 7.76. The summed E-state index contributed by atoms with van der Waals surface area (Å²) < 4.78 is 37.3. The molecule has 7 nitrogen and oxygen atoms in total. The first-order chi connectivity index (χ1) is 29.6. The number of furan rings is 1. The summed E-state index contributed by atoms with van der Waals surface area (Å²) in [6.07, 6.45) is 3.60. The first-order valence-corrected chi connectivity index (χ1v) is 20.6. The fourth-order valence-corrected chi connectivity index (χ4v) is 7.76. The Balaban J connectivity index is 0.000000239. The van der Waals surface area contributed by atoms with Crippen LogP contribution in [0.2, 0.25) is 0 Å². The molecular weight excluding hydrogens is 971 g/mol. The second-order valence-electron chi connectivity index (χ2n) is 17.2. The average Bonchev–Trinajstić information content (AvgIpc) is 3.81. The first-order valence-electron chi connectivity index (χ1n) is 20.6. The molecule has 63 heavy (non-hydrogen) atoms. The molecule has 0 bridgehead atoms. The van der Waals surface area contributed by atoms with Gasteiger partial charge in [-0.05, 0) is 81.4 Å². The van der Waals surface area contributed by atoms with Gasteiger partial charge in [0.2, 0.25) is 0 Å². The molecule has 10 heteroatoms. The zero-order valence-electron chi connectivity index (χ0n) is 36.3. The molecule has 5 aromatic carbocycles. The zero-order valence-corrected chi connectivity index (χ0v) is 38.7. The van der Waals surface area contributed by atoms with Gasteiger partial charge in [0.15, 0.2) is 5.65 Å². The van der Waals surface area contributed by atoms with Crippen molar-refractivity contribution in [2.24, 2.45) is 0 Å². The molecule has 0 spiro atoms. The van der Waals surface area contributed by atoms with E-state index in [2.05, 4.69) is 94.4 Å². The van der Waals surface area contributed by atoms with Crippen molar-refractivity contribution in [1.82, 2.24) is 19.5 Å². The summed E-state index contributed by atoms with van der Waals surface area (Å²) in [7, 11) is 0. The molecule has 0 fully saturated rings. The Morgan fingerprint density at radius 1 is 0.794 bits per heavy atom. The van der Waals surface area contributed by atoms with E-state index >= 15 is 0 Å². The summed E-state index contributed by atoms with van der Waals surface area (Å²) in [6.45, 7) is 17.1. The SMILES string of the molecule is CC(C)(C)c1ccc(-c2[c-]cc(C(=O)O)cc2F)nc1.Cc1cnc2c(c1)nc(-c1[c-]ccc3c1oc1cc(-c4ccccc4F)ccc13)n2-c1c(C(C)C)cccc1C(C)C.[Ir]. The van der Waals surface area contributed by atoms with E-state index in [9.17, 15) is 13.6 Å². The predicted molar refractivity (Wildman–Crippen MR) is 243 cm³/mol. The topological polar surface area (TPSA) is 94.0 Å². The van der Waals surface area contributed by atoms with Crippen molar-refractivity contribution in [3.05, 3.63) is 167 Å². The molecule has 0 atom stereocenters. The smallest absolute Gasteiger partial charge is 0.292 e. The van der Waals surface area contributed by atoms with Crippen molar-refractivity contribution < 1.29 is 43.2 Å². The summed E-state index contributed by atoms with van der Waals surface area (Å²) >= 11 is 0. The average molecular weight is 1020 g/mol. The molecule has 9 aromatic rings. The molecule has 4 aromatic heterocycles. The van der Waals surface area contributed by atoms with E-state index in [1.54, 1.807) is 24.4 Å². The van der Waals surface area contributed by atoms with Gasteiger partial charge in [0.05, 0.1) is 16.9 Å². The van der Waals surface area contributed by atoms with E-state index in [1.807, 2.05) is 55.6 Å².